The molecule has 0 radical (unpaired) electrons. The highest BCUT2D eigenvalue weighted by Gasteiger charge is 2.35. The maximum atomic E-state index is 12.4. The summed E-state index contributed by atoms with van der Waals surface area (Å²) in [4.78, 5) is 30.4. The summed E-state index contributed by atoms with van der Waals surface area (Å²) in [5.74, 6) is -0.323. The fourth-order valence-corrected chi connectivity index (χ4v) is 3.13. The highest BCUT2D eigenvalue weighted by atomic mass is 16.2. The molecular formula is C18H23N5O2. The fraction of sp³-hybridized carbons (Fsp3) is 0.444. The van der Waals surface area contributed by atoms with Crippen molar-refractivity contribution in [2.75, 3.05) is 18.0 Å². The predicted octanol–water partition coefficient (Wildman–Crippen LogP) is 1.40. The monoisotopic (exact) mass is 341 g/mol. The quantitative estimate of drug-likeness (QED) is 0.772. The minimum atomic E-state index is -0.288. The van der Waals surface area contributed by atoms with Crippen LogP contribution in [0.4, 0.5) is 5.69 Å². The van der Waals surface area contributed by atoms with Crippen LogP contribution in [-0.4, -0.2) is 39.7 Å². The van der Waals surface area contributed by atoms with Crippen molar-refractivity contribution in [2.45, 2.75) is 32.7 Å². The Bertz CT molecular complexity index is 729. The zero-order valence-corrected chi connectivity index (χ0v) is 14.4. The minimum absolute atomic E-state index is 0.0173. The van der Waals surface area contributed by atoms with Gasteiger partial charge in [0.15, 0.2) is 0 Å². The average molecular weight is 341 g/mol. The van der Waals surface area contributed by atoms with Crippen molar-refractivity contribution in [2.24, 2.45) is 5.92 Å². The number of para-hydroxylation sites is 1. The van der Waals surface area contributed by atoms with E-state index in [1.54, 1.807) is 15.9 Å². The molecule has 1 aromatic heterocycles. The zero-order valence-electron chi connectivity index (χ0n) is 14.4. The highest BCUT2D eigenvalue weighted by Crippen LogP contribution is 2.28. The lowest BCUT2D eigenvalue weighted by Crippen LogP contribution is -2.34. The summed E-state index contributed by atoms with van der Waals surface area (Å²) >= 11 is 0. The molecule has 1 atom stereocenters. The van der Waals surface area contributed by atoms with Crippen LogP contribution >= 0.6 is 0 Å². The third kappa shape index (κ3) is 4.04. The molecule has 2 aromatic rings. The number of benzene rings is 1. The standard InChI is InChI=1S/C18H23N5O2/c1-2-14-6-3-4-7-16(14)23-11-15(10-17(23)24)18(25)20-8-5-9-22-13-19-12-21-22/h3-4,6-7,12-13,15H,2,5,8-11H2,1H3,(H,20,25)/t15-/m1/s1. The van der Waals surface area contributed by atoms with Gasteiger partial charge in [-0.15, -0.1) is 0 Å². The highest BCUT2D eigenvalue weighted by molar-refractivity contribution is 6.00. The lowest BCUT2D eigenvalue weighted by Gasteiger charge is -2.20. The molecule has 7 nitrogen and oxygen atoms in total. The van der Waals surface area contributed by atoms with Crippen molar-refractivity contribution in [3.05, 3.63) is 42.5 Å². The van der Waals surface area contributed by atoms with Crippen LogP contribution in [0, 0.1) is 5.92 Å². The summed E-state index contributed by atoms with van der Waals surface area (Å²) in [6.07, 6.45) is 5.05. The number of amides is 2. The summed E-state index contributed by atoms with van der Waals surface area (Å²) in [6, 6.07) is 7.89. The number of nitrogens with one attached hydrogen (secondary N) is 1. The molecule has 0 bridgehead atoms. The number of hydrogen-bond acceptors (Lipinski definition) is 4. The van der Waals surface area contributed by atoms with Gasteiger partial charge in [-0.3, -0.25) is 14.3 Å². The van der Waals surface area contributed by atoms with E-state index in [2.05, 4.69) is 22.3 Å². The molecule has 1 fully saturated rings. The Morgan fingerprint density at radius 1 is 1.36 bits per heavy atom. The van der Waals surface area contributed by atoms with Crippen molar-refractivity contribution in [1.82, 2.24) is 20.1 Å². The van der Waals surface area contributed by atoms with Crippen molar-refractivity contribution >= 4 is 17.5 Å². The van der Waals surface area contributed by atoms with Gasteiger partial charge >= 0.3 is 0 Å². The van der Waals surface area contributed by atoms with Crippen LogP contribution in [-0.2, 0) is 22.6 Å². The fourth-order valence-electron chi connectivity index (χ4n) is 3.13. The molecular weight excluding hydrogens is 318 g/mol. The molecule has 1 N–H and O–H groups in total. The summed E-state index contributed by atoms with van der Waals surface area (Å²) < 4.78 is 1.73. The van der Waals surface area contributed by atoms with Crippen LogP contribution in [0.2, 0.25) is 0 Å². The van der Waals surface area contributed by atoms with Crippen LogP contribution in [0.3, 0.4) is 0 Å². The van der Waals surface area contributed by atoms with E-state index < -0.39 is 0 Å². The number of carbonyl (C=O) groups excluding carboxylic acids is 2. The van der Waals surface area contributed by atoms with Gasteiger partial charge in [0.1, 0.15) is 12.7 Å². The average Bonchev–Trinajstić information content (AvgIpc) is 3.28. The largest absolute Gasteiger partial charge is 0.356 e. The van der Waals surface area contributed by atoms with E-state index in [0.29, 0.717) is 19.6 Å². The molecule has 25 heavy (non-hydrogen) atoms. The minimum Gasteiger partial charge on any atom is -0.356 e. The Labute approximate surface area is 147 Å². The molecule has 7 heteroatoms. The van der Waals surface area contributed by atoms with Gasteiger partial charge in [0.05, 0.1) is 5.92 Å². The van der Waals surface area contributed by atoms with E-state index in [9.17, 15) is 9.59 Å². The maximum Gasteiger partial charge on any atom is 0.227 e. The summed E-state index contributed by atoms with van der Waals surface area (Å²) in [7, 11) is 0. The third-order valence-electron chi connectivity index (χ3n) is 4.49. The van der Waals surface area contributed by atoms with E-state index in [1.807, 2.05) is 24.3 Å². The first kappa shape index (κ1) is 17.1. The second-order valence-electron chi connectivity index (χ2n) is 6.19. The smallest absolute Gasteiger partial charge is 0.227 e. The van der Waals surface area contributed by atoms with Gasteiger partial charge in [0.25, 0.3) is 0 Å². The van der Waals surface area contributed by atoms with Gasteiger partial charge in [-0.25, -0.2) is 4.98 Å². The van der Waals surface area contributed by atoms with E-state index in [4.69, 9.17) is 0 Å². The van der Waals surface area contributed by atoms with Crippen molar-refractivity contribution in [1.29, 1.82) is 0 Å². The molecule has 2 amide bonds. The van der Waals surface area contributed by atoms with Crippen molar-refractivity contribution < 1.29 is 9.59 Å². The number of anilines is 1. The van der Waals surface area contributed by atoms with Crippen LogP contribution in [0.5, 0.6) is 0 Å². The van der Waals surface area contributed by atoms with E-state index in [0.717, 1.165) is 24.1 Å². The molecule has 1 aliphatic heterocycles. The first-order valence-electron chi connectivity index (χ1n) is 8.67. The molecule has 0 spiro atoms. The van der Waals surface area contributed by atoms with Crippen molar-refractivity contribution in [3.8, 4) is 0 Å². The zero-order chi connectivity index (χ0) is 17.6. The molecule has 1 aromatic carbocycles. The molecule has 1 aliphatic rings. The molecule has 0 aliphatic carbocycles. The normalized spacial score (nSPS) is 17.1. The third-order valence-corrected chi connectivity index (χ3v) is 4.49. The molecule has 0 saturated carbocycles. The topological polar surface area (TPSA) is 80.1 Å². The number of hydrogen-bond donors (Lipinski definition) is 1. The Morgan fingerprint density at radius 2 is 2.20 bits per heavy atom. The summed E-state index contributed by atoms with van der Waals surface area (Å²) in [5, 5.41) is 6.95. The van der Waals surface area contributed by atoms with Gasteiger partial charge in [0.2, 0.25) is 11.8 Å². The SMILES string of the molecule is CCc1ccccc1N1C[C@H](C(=O)NCCCn2cncn2)CC1=O. The van der Waals surface area contributed by atoms with Crippen LogP contribution in [0.25, 0.3) is 0 Å². The second-order valence-corrected chi connectivity index (χ2v) is 6.19. The number of nitrogens with zero attached hydrogens (tertiary/aromatic N) is 4. The van der Waals surface area contributed by atoms with Crippen LogP contribution < -0.4 is 10.2 Å². The number of rotatable bonds is 7. The first-order valence-corrected chi connectivity index (χ1v) is 8.67. The van der Waals surface area contributed by atoms with Crippen LogP contribution in [0.15, 0.2) is 36.9 Å². The maximum absolute atomic E-state index is 12.4. The molecule has 132 valence electrons. The van der Waals surface area contributed by atoms with Gasteiger partial charge in [-0.05, 0) is 24.5 Å². The van der Waals surface area contributed by atoms with E-state index in [-0.39, 0.29) is 24.2 Å². The van der Waals surface area contributed by atoms with Crippen LogP contribution in [0.1, 0.15) is 25.3 Å². The Kier molecular flexibility index (Phi) is 5.42. The molecule has 3 rings (SSSR count). The Balaban J connectivity index is 1.52. The predicted molar refractivity (Wildman–Crippen MR) is 93.9 cm³/mol. The summed E-state index contributed by atoms with van der Waals surface area (Å²) in [5.41, 5.74) is 2.06. The molecule has 0 unspecified atom stereocenters. The van der Waals surface area contributed by atoms with Gasteiger partial charge < -0.3 is 10.2 Å². The van der Waals surface area contributed by atoms with E-state index >= 15 is 0 Å². The van der Waals surface area contributed by atoms with Gasteiger partial charge in [-0.1, -0.05) is 25.1 Å². The lowest BCUT2D eigenvalue weighted by atomic mass is 10.1. The Morgan fingerprint density at radius 3 is 2.96 bits per heavy atom. The second kappa shape index (κ2) is 7.92. The van der Waals surface area contributed by atoms with Crippen molar-refractivity contribution in [3.63, 3.8) is 0 Å². The molecule has 2 heterocycles. The first-order chi connectivity index (χ1) is 12.2. The van der Waals surface area contributed by atoms with Gasteiger partial charge in [0, 0.05) is 31.7 Å². The summed E-state index contributed by atoms with van der Waals surface area (Å²) in [6.45, 7) is 3.79. The number of carbonyl (C=O) groups is 2. The lowest BCUT2D eigenvalue weighted by molar-refractivity contribution is -0.126. The Hall–Kier alpha value is -2.70. The molecule has 1 saturated heterocycles. The van der Waals surface area contributed by atoms with Gasteiger partial charge in [-0.2, -0.15) is 5.10 Å². The van der Waals surface area contributed by atoms with E-state index in [1.165, 1.54) is 6.33 Å². The number of aryl methyl sites for hydroxylation is 2. The number of aromatic nitrogens is 3.